The van der Waals surface area contributed by atoms with Gasteiger partial charge in [-0.3, -0.25) is 0 Å². The Balaban J connectivity index is 1.81. The van der Waals surface area contributed by atoms with Crippen molar-refractivity contribution in [2.24, 2.45) is 0 Å². The Morgan fingerprint density at radius 3 is 1.82 bits per heavy atom. The van der Waals surface area contributed by atoms with Crippen LogP contribution in [-0.4, -0.2) is 5.29 Å². The summed E-state index contributed by atoms with van der Waals surface area (Å²) in [7, 11) is 15.8. The molecule has 0 N–H and O–H groups in total. The molecule has 2 atom stereocenters. The van der Waals surface area contributed by atoms with Gasteiger partial charge < -0.3 is 0 Å². The van der Waals surface area contributed by atoms with Gasteiger partial charge >= 0.3 is 181 Å². The van der Waals surface area contributed by atoms with Crippen molar-refractivity contribution in [1.29, 1.82) is 0 Å². The first-order chi connectivity index (χ1) is 13.4. The van der Waals surface area contributed by atoms with E-state index in [1.807, 2.05) is 0 Å². The molecule has 28 heavy (non-hydrogen) atoms. The standard InChI is InChI=1S/C13H9.C9H7.CH4ClSi.2ClH.Hf/c1-3-7-12-10(5-1)9-11-6-2-4-8-13(11)12;1-2-5-9-7-3-6-8(9)4-1;1-3-2;;;/h1-9H;1-7H;3H,1H3;2*1H;/q;;;;;+2/p-2. The second-order valence-electron chi connectivity index (χ2n) is 7.92. The molecule has 0 nitrogen and oxygen atoms in total. The van der Waals surface area contributed by atoms with E-state index in [1.165, 1.54) is 33.4 Å². The van der Waals surface area contributed by atoms with Gasteiger partial charge in [-0.25, -0.2) is 0 Å². The van der Waals surface area contributed by atoms with E-state index in [1.54, 1.807) is 0 Å². The van der Waals surface area contributed by atoms with Crippen molar-refractivity contribution in [3.05, 3.63) is 101 Å². The fourth-order valence-electron chi connectivity index (χ4n) is 5.14. The fourth-order valence-corrected chi connectivity index (χ4v) is 47.2. The summed E-state index contributed by atoms with van der Waals surface area (Å²) in [5.74, 6) is 0. The average Bonchev–Trinajstić information content (AvgIpc) is 3.28. The molecule has 2 aliphatic carbocycles. The quantitative estimate of drug-likeness (QED) is 0.212. The molecule has 5 rings (SSSR count). The molecule has 0 heterocycles. The van der Waals surface area contributed by atoms with Gasteiger partial charge in [0, 0.05) is 0 Å². The fraction of sp³-hybridized carbons (Fsp3) is 0.130. The van der Waals surface area contributed by atoms with Gasteiger partial charge in [0.05, 0.1) is 0 Å². The van der Waals surface area contributed by atoms with E-state index in [4.69, 9.17) is 28.2 Å². The number of rotatable bonds is 3. The van der Waals surface area contributed by atoms with Crippen LogP contribution in [0.25, 0.3) is 17.2 Å². The molecule has 0 bridgehead atoms. The summed E-state index contributed by atoms with van der Waals surface area (Å²) in [6.45, 7) is 2.15. The van der Waals surface area contributed by atoms with Crippen LogP contribution in [-0.2, 0) is 15.3 Å². The zero-order valence-corrected chi connectivity index (χ0v) is 22.5. The first-order valence-electron chi connectivity index (χ1n) is 9.59. The third-order valence-electron chi connectivity index (χ3n) is 6.54. The van der Waals surface area contributed by atoms with Gasteiger partial charge in [-0.05, 0) is 0 Å². The van der Waals surface area contributed by atoms with Gasteiger partial charge in [-0.2, -0.15) is 0 Å². The van der Waals surface area contributed by atoms with Crippen molar-refractivity contribution in [1.82, 2.24) is 0 Å². The van der Waals surface area contributed by atoms with E-state index in [-0.39, 0.29) is 7.35 Å². The maximum absolute atomic E-state index is 7.89. The normalized spacial score (nSPS) is 20.1. The number of hydrogen-bond acceptors (Lipinski definition) is 0. The van der Waals surface area contributed by atoms with Crippen molar-refractivity contribution in [3.8, 4) is 11.1 Å². The number of allylic oxidation sites excluding steroid dienone is 1. The van der Waals surface area contributed by atoms with E-state index in [0.717, 1.165) is 0 Å². The Morgan fingerprint density at radius 1 is 0.750 bits per heavy atom. The van der Waals surface area contributed by atoms with E-state index < -0.39 is 20.6 Å². The van der Waals surface area contributed by atoms with Gasteiger partial charge in [0.15, 0.2) is 0 Å². The molecule has 3 aromatic rings. The van der Waals surface area contributed by atoms with Crippen molar-refractivity contribution in [3.63, 3.8) is 0 Å². The molecule has 2 unspecified atom stereocenters. The van der Waals surface area contributed by atoms with Crippen molar-refractivity contribution >= 4 is 39.6 Å². The van der Waals surface area contributed by atoms with Crippen molar-refractivity contribution < 1.29 is 15.3 Å². The second-order valence-corrected chi connectivity index (χ2v) is 69.1. The van der Waals surface area contributed by atoms with Gasteiger partial charge in [-0.15, -0.1) is 0 Å². The minimum absolute atomic E-state index is 0.0349. The second kappa shape index (κ2) is 6.68. The summed E-state index contributed by atoms with van der Waals surface area (Å²) >= 11 is 2.35. The Kier molecular flexibility index (Phi) is 4.61. The van der Waals surface area contributed by atoms with Gasteiger partial charge in [-0.1, -0.05) is 0 Å². The summed E-state index contributed by atoms with van der Waals surface area (Å²) in [6, 6.07) is 25.7. The Hall–Kier alpha value is -0.643. The topological polar surface area (TPSA) is 0 Å². The zero-order valence-electron chi connectivity index (χ0n) is 15.4. The minimum atomic E-state index is -4.77. The van der Waals surface area contributed by atoms with Crippen LogP contribution in [0.1, 0.15) is 29.6 Å². The summed E-state index contributed by atoms with van der Waals surface area (Å²) in [5, 5.41) is -1.93. The van der Waals surface area contributed by atoms with Crippen LogP contribution in [0, 0.1) is 0 Å². The number of benzene rings is 3. The molecule has 5 heteroatoms. The zero-order chi connectivity index (χ0) is 19.5. The van der Waals surface area contributed by atoms with Gasteiger partial charge in [0.25, 0.3) is 0 Å². The molecule has 0 amide bonds. The third kappa shape index (κ3) is 2.51. The van der Waals surface area contributed by atoms with Crippen LogP contribution >= 0.6 is 28.2 Å². The van der Waals surface area contributed by atoms with Crippen LogP contribution in [0.15, 0.2) is 78.9 Å². The Labute approximate surface area is 179 Å². The SMILES string of the molecule is C[SiH](Cl)[Hf]([Cl])([Cl])([CH]1C=Cc2ccccc21)[CH]1c2ccccc2-c2ccccc21. The molecule has 0 saturated heterocycles. The molecule has 141 valence electrons. The summed E-state index contributed by atoms with van der Waals surface area (Å²) < 4.78 is 0.0904. The van der Waals surface area contributed by atoms with Crippen molar-refractivity contribution in [2.45, 2.75) is 13.9 Å². The molecule has 0 saturated carbocycles. The molecule has 0 aromatic heterocycles. The first kappa shape index (κ1) is 19.3. The number of hydrogen-bond donors (Lipinski definition) is 0. The van der Waals surface area contributed by atoms with Crippen LogP contribution in [0.3, 0.4) is 0 Å². The summed E-state index contributed by atoms with van der Waals surface area (Å²) in [6.07, 6.45) is 4.43. The molecule has 2 aliphatic rings. The predicted molar refractivity (Wildman–Crippen MR) is 123 cm³/mol. The van der Waals surface area contributed by atoms with Crippen LogP contribution < -0.4 is 0 Å². The molecule has 0 fully saturated rings. The number of halogens is 3. The van der Waals surface area contributed by atoms with E-state index in [2.05, 4.69) is 91.5 Å². The molecular weight excluding hydrogens is 589 g/mol. The molecule has 0 aliphatic heterocycles. The maximum atomic E-state index is 7.89. The van der Waals surface area contributed by atoms with E-state index in [9.17, 15) is 0 Å². The molecule has 3 aromatic carbocycles. The Morgan fingerprint density at radius 2 is 1.25 bits per heavy atom. The molecule has 0 radical (unpaired) electrons. The van der Waals surface area contributed by atoms with Crippen LogP contribution in [0.5, 0.6) is 0 Å². The summed E-state index contributed by atoms with van der Waals surface area (Å²) in [4.78, 5) is 0. The third-order valence-corrected chi connectivity index (χ3v) is 82.9. The molecular formula is C23H20Cl3HfSi. The first-order valence-corrected chi connectivity index (χ1v) is 32.3. The van der Waals surface area contributed by atoms with E-state index >= 15 is 0 Å². The van der Waals surface area contributed by atoms with E-state index in [0.29, 0.717) is 0 Å². The van der Waals surface area contributed by atoms with Crippen LogP contribution in [0.4, 0.5) is 0 Å². The predicted octanol–water partition coefficient (Wildman–Crippen LogP) is 7.61. The Bertz CT molecular complexity index is 1080. The number of fused-ring (bicyclic) bond motifs is 4. The van der Waals surface area contributed by atoms with Gasteiger partial charge in [0.1, 0.15) is 0 Å². The van der Waals surface area contributed by atoms with Crippen LogP contribution in [0.2, 0.25) is 6.55 Å². The van der Waals surface area contributed by atoms with Crippen molar-refractivity contribution in [2.75, 3.05) is 0 Å². The summed E-state index contributed by atoms with van der Waals surface area (Å²) in [5.41, 5.74) is 7.53. The van der Waals surface area contributed by atoms with Gasteiger partial charge in [0.2, 0.25) is 0 Å². The monoisotopic (exact) mass is 609 g/mol. The average molecular weight is 609 g/mol. The molecule has 0 spiro atoms.